The molecule has 1 aromatic carbocycles. The Labute approximate surface area is 104 Å². The van der Waals surface area contributed by atoms with E-state index in [0.29, 0.717) is 11.7 Å². The summed E-state index contributed by atoms with van der Waals surface area (Å²) in [4.78, 5) is 0. The normalized spacial score (nSPS) is 15.2. The summed E-state index contributed by atoms with van der Waals surface area (Å²) in [6.45, 7) is 1.90. The van der Waals surface area contributed by atoms with E-state index in [1.165, 1.54) is 12.1 Å². The van der Waals surface area contributed by atoms with Crippen LogP contribution in [0.5, 0.6) is 0 Å². The topological polar surface area (TPSA) is 49.8 Å². The molecule has 2 heterocycles. The average Bonchev–Trinajstić information content (AvgIpc) is 2.35. The quantitative estimate of drug-likeness (QED) is 0.862. The van der Waals surface area contributed by atoms with Gasteiger partial charge in [-0.15, -0.1) is 10.2 Å². The van der Waals surface area contributed by atoms with Crippen LogP contribution < -0.4 is 10.6 Å². The molecule has 0 radical (unpaired) electrons. The predicted octanol–water partition coefficient (Wildman–Crippen LogP) is 1.67. The van der Waals surface area contributed by atoms with Gasteiger partial charge >= 0.3 is 0 Å². The molecule has 2 N–H and O–H groups in total. The molecule has 1 aliphatic rings. The molecule has 18 heavy (non-hydrogen) atoms. The Morgan fingerprint density at radius 3 is 2.67 bits per heavy atom. The Morgan fingerprint density at radius 2 is 2.06 bits per heavy atom. The number of benzene rings is 1. The Morgan fingerprint density at radius 1 is 1.17 bits per heavy atom. The van der Waals surface area contributed by atoms with Gasteiger partial charge in [0.25, 0.3) is 0 Å². The molecule has 1 fully saturated rings. The fourth-order valence-electron chi connectivity index (χ4n) is 1.81. The molecule has 1 saturated heterocycles. The van der Waals surface area contributed by atoms with Crippen LogP contribution in [0.1, 0.15) is 0 Å². The molecule has 0 bridgehead atoms. The van der Waals surface area contributed by atoms with Crippen LogP contribution in [-0.2, 0) is 0 Å². The highest BCUT2D eigenvalue weighted by molar-refractivity contribution is 5.59. The first-order valence-corrected chi connectivity index (χ1v) is 5.88. The molecule has 1 aliphatic heterocycles. The highest BCUT2D eigenvalue weighted by atomic mass is 19.1. The second-order valence-corrected chi connectivity index (χ2v) is 4.31. The molecule has 92 valence electrons. The van der Waals surface area contributed by atoms with Gasteiger partial charge in [0.2, 0.25) is 0 Å². The molecule has 4 nitrogen and oxygen atoms in total. The standard InChI is InChI=1S/C13H13FN4/c14-10-3-1-2-9(6-10)12-4-5-13(18-17-12)16-11-7-15-8-11/h1-6,11,15H,7-8H2,(H,16,18). The summed E-state index contributed by atoms with van der Waals surface area (Å²) in [7, 11) is 0. The van der Waals surface area contributed by atoms with Gasteiger partial charge in [-0.2, -0.15) is 0 Å². The molecule has 3 rings (SSSR count). The van der Waals surface area contributed by atoms with Gasteiger partial charge in [0.15, 0.2) is 0 Å². The van der Waals surface area contributed by atoms with Crippen molar-refractivity contribution >= 4 is 5.82 Å². The van der Waals surface area contributed by atoms with Gasteiger partial charge in [0.05, 0.1) is 11.7 Å². The van der Waals surface area contributed by atoms with Gasteiger partial charge in [-0.3, -0.25) is 0 Å². The van der Waals surface area contributed by atoms with Gasteiger partial charge < -0.3 is 10.6 Å². The van der Waals surface area contributed by atoms with E-state index < -0.39 is 0 Å². The van der Waals surface area contributed by atoms with Crippen LogP contribution in [0.3, 0.4) is 0 Å². The lowest BCUT2D eigenvalue weighted by atomic mass is 10.1. The molecule has 0 unspecified atom stereocenters. The van der Waals surface area contributed by atoms with E-state index in [1.807, 2.05) is 18.2 Å². The monoisotopic (exact) mass is 244 g/mol. The second-order valence-electron chi connectivity index (χ2n) is 4.31. The van der Waals surface area contributed by atoms with E-state index in [0.717, 1.165) is 24.5 Å². The van der Waals surface area contributed by atoms with Crippen molar-refractivity contribution in [3.05, 3.63) is 42.2 Å². The third-order valence-corrected chi connectivity index (χ3v) is 2.92. The largest absolute Gasteiger partial charge is 0.363 e. The first-order chi connectivity index (χ1) is 8.81. The van der Waals surface area contributed by atoms with Gasteiger partial charge in [-0.1, -0.05) is 12.1 Å². The van der Waals surface area contributed by atoms with Crippen LogP contribution in [0.4, 0.5) is 10.2 Å². The van der Waals surface area contributed by atoms with E-state index in [-0.39, 0.29) is 5.82 Å². The number of halogens is 1. The summed E-state index contributed by atoms with van der Waals surface area (Å²) < 4.78 is 13.1. The molecule has 0 saturated carbocycles. The molecule has 5 heteroatoms. The summed E-state index contributed by atoms with van der Waals surface area (Å²) in [5, 5.41) is 14.6. The second kappa shape index (κ2) is 4.70. The van der Waals surface area contributed by atoms with Crippen molar-refractivity contribution in [3.63, 3.8) is 0 Å². The third kappa shape index (κ3) is 2.31. The number of rotatable bonds is 3. The van der Waals surface area contributed by atoms with E-state index in [9.17, 15) is 4.39 Å². The van der Waals surface area contributed by atoms with Crippen LogP contribution in [0.15, 0.2) is 36.4 Å². The van der Waals surface area contributed by atoms with E-state index >= 15 is 0 Å². The van der Waals surface area contributed by atoms with Crippen LogP contribution >= 0.6 is 0 Å². The summed E-state index contributed by atoms with van der Waals surface area (Å²) in [5.41, 5.74) is 1.41. The lowest BCUT2D eigenvalue weighted by Crippen LogP contribution is -2.51. The fraction of sp³-hybridized carbons (Fsp3) is 0.231. The number of hydrogen-bond donors (Lipinski definition) is 2. The zero-order valence-corrected chi connectivity index (χ0v) is 9.73. The van der Waals surface area contributed by atoms with Crippen LogP contribution in [0.25, 0.3) is 11.3 Å². The number of nitrogens with one attached hydrogen (secondary N) is 2. The first-order valence-electron chi connectivity index (χ1n) is 5.88. The third-order valence-electron chi connectivity index (χ3n) is 2.92. The smallest absolute Gasteiger partial charge is 0.148 e. The average molecular weight is 244 g/mol. The molecule has 1 aromatic heterocycles. The summed E-state index contributed by atoms with van der Waals surface area (Å²) >= 11 is 0. The van der Waals surface area contributed by atoms with Crippen molar-refractivity contribution in [3.8, 4) is 11.3 Å². The van der Waals surface area contributed by atoms with E-state index in [2.05, 4.69) is 20.8 Å². The van der Waals surface area contributed by atoms with E-state index in [4.69, 9.17) is 0 Å². The lowest BCUT2D eigenvalue weighted by Gasteiger charge is -2.28. The highest BCUT2D eigenvalue weighted by Crippen LogP contribution is 2.18. The summed E-state index contributed by atoms with van der Waals surface area (Å²) in [6.07, 6.45) is 0. The Kier molecular flexibility index (Phi) is 2.90. The fourth-order valence-corrected chi connectivity index (χ4v) is 1.81. The van der Waals surface area contributed by atoms with Crippen molar-refractivity contribution < 1.29 is 4.39 Å². The SMILES string of the molecule is Fc1cccc(-c2ccc(NC3CNC3)nn2)c1. The Balaban J connectivity index is 1.77. The summed E-state index contributed by atoms with van der Waals surface area (Å²) in [6, 6.07) is 10.5. The van der Waals surface area contributed by atoms with Crippen molar-refractivity contribution in [2.24, 2.45) is 0 Å². The highest BCUT2D eigenvalue weighted by Gasteiger charge is 2.16. The maximum absolute atomic E-state index is 13.1. The van der Waals surface area contributed by atoms with Crippen molar-refractivity contribution in [1.82, 2.24) is 15.5 Å². The van der Waals surface area contributed by atoms with Crippen molar-refractivity contribution in [2.75, 3.05) is 18.4 Å². The van der Waals surface area contributed by atoms with Crippen LogP contribution in [0.2, 0.25) is 0 Å². The molecular weight excluding hydrogens is 231 g/mol. The number of aromatic nitrogens is 2. The zero-order valence-electron chi connectivity index (χ0n) is 9.73. The van der Waals surface area contributed by atoms with Crippen molar-refractivity contribution in [2.45, 2.75) is 6.04 Å². The van der Waals surface area contributed by atoms with Crippen LogP contribution in [0, 0.1) is 5.82 Å². The minimum Gasteiger partial charge on any atom is -0.363 e. The number of anilines is 1. The Hall–Kier alpha value is -2.01. The van der Waals surface area contributed by atoms with Gasteiger partial charge in [0.1, 0.15) is 11.6 Å². The maximum Gasteiger partial charge on any atom is 0.148 e. The van der Waals surface area contributed by atoms with Crippen molar-refractivity contribution in [1.29, 1.82) is 0 Å². The lowest BCUT2D eigenvalue weighted by molar-refractivity contribution is 0.470. The molecular formula is C13H13FN4. The first kappa shape index (κ1) is 11.1. The molecule has 0 aliphatic carbocycles. The maximum atomic E-state index is 13.1. The number of hydrogen-bond acceptors (Lipinski definition) is 4. The molecule has 0 spiro atoms. The number of nitrogens with zero attached hydrogens (tertiary/aromatic N) is 2. The van der Waals surface area contributed by atoms with Gasteiger partial charge in [-0.25, -0.2) is 4.39 Å². The summed E-state index contributed by atoms with van der Waals surface area (Å²) in [5.74, 6) is 0.485. The molecule has 2 aromatic rings. The Bertz CT molecular complexity index is 537. The van der Waals surface area contributed by atoms with Crippen LogP contribution in [-0.4, -0.2) is 29.3 Å². The zero-order chi connectivity index (χ0) is 12.4. The predicted molar refractivity (Wildman–Crippen MR) is 67.7 cm³/mol. The van der Waals surface area contributed by atoms with Gasteiger partial charge in [0, 0.05) is 18.7 Å². The van der Waals surface area contributed by atoms with E-state index in [1.54, 1.807) is 6.07 Å². The molecule has 0 amide bonds. The van der Waals surface area contributed by atoms with Gasteiger partial charge in [-0.05, 0) is 24.3 Å². The molecule has 0 atom stereocenters. The minimum absolute atomic E-state index is 0.267. The minimum atomic E-state index is -0.267.